The Morgan fingerprint density at radius 1 is 0.343 bits per heavy atom. The molecular weight excluding hydrogens is 1260 g/mol. The molecule has 8 unspecified atom stereocenters. The van der Waals surface area contributed by atoms with Crippen LogP contribution in [0, 0.1) is 0 Å². The van der Waals surface area contributed by atoms with E-state index in [2.05, 4.69) is 116 Å². The van der Waals surface area contributed by atoms with Crippen molar-refractivity contribution in [3.63, 3.8) is 0 Å². The van der Waals surface area contributed by atoms with Crippen molar-refractivity contribution in [1.82, 2.24) is 5.32 Å². The number of nitrogens with one attached hydrogen (secondary N) is 1. The minimum Gasteiger partial charge on any atom is -0.374 e. The molecule has 0 aliphatic carbocycles. The second-order valence-electron chi connectivity index (χ2n) is 29.1. The molecule has 0 saturated carbocycles. The van der Waals surface area contributed by atoms with Gasteiger partial charge in [0.15, 0.2) is 6.29 Å². The van der Waals surface area contributed by atoms with Crippen LogP contribution in [0.2, 0.25) is 0 Å². The Kier molecular flexibility index (Phi) is 45.9. The monoisotopic (exact) mass is 1400 g/mol. The fourth-order valence-corrected chi connectivity index (χ4v) is 14.2. The van der Waals surface area contributed by atoms with Crippen molar-refractivity contribution in [2.75, 3.05) is 13.2 Å². The third kappa shape index (κ3) is 36.9. The van der Waals surface area contributed by atoms with E-state index in [0.717, 1.165) is 71.9 Å². The van der Waals surface area contributed by atoms with Gasteiger partial charge in [0.2, 0.25) is 5.91 Å². The van der Waals surface area contributed by atoms with E-state index >= 15 is 0 Å². The highest BCUT2D eigenvalue weighted by Gasteiger charge is 2.50. The lowest BCUT2D eigenvalue weighted by atomic mass is 9.97. The maximum absolute atomic E-state index is 14.9. The molecule has 0 aromatic heterocycles. The Hall–Kier alpha value is -5.53. The number of rotatable bonds is 62. The summed E-state index contributed by atoms with van der Waals surface area (Å²) in [5.41, 5.74) is 6.19. The van der Waals surface area contributed by atoms with Crippen LogP contribution in [0.1, 0.15) is 285 Å². The van der Waals surface area contributed by atoms with E-state index < -0.39 is 49.0 Å². The Morgan fingerprint density at radius 3 is 1.04 bits per heavy atom. The predicted molar refractivity (Wildman–Crippen MR) is 420 cm³/mol. The lowest BCUT2D eigenvalue weighted by molar-refractivity contribution is -0.330. The van der Waals surface area contributed by atoms with Crippen LogP contribution in [-0.4, -0.2) is 68.1 Å². The Labute approximate surface area is 619 Å². The Morgan fingerprint density at radius 2 is 0.657 bits per heavy atom. The van der Waals surface area contributed by atoms with Gasteiger partial charge in [0.1, 0.15) is 30.5 Å². The minimum atomic E-state index is -1.00. The van der Waals surface area contributed by atoms with E-state index in [1.807, 2.05) is 84.9 Å². The molecule has 562 valence electrons. The standard InChI is InChI=1S/C92H135NO9/c1-3-5-7-9-11-13-15-17-18-19-20-21-22-23-24-25-26-27-29-31-33-35-55-69-87(94)93-84(88(97-72-80-60-46-38-47-61-80)85(96-71-79-58-44-37-45-59-79)68-54-34-32-30-28-16-14-12-10-8-6-4-2)76-101-92-91(100-75-83-66-52-41-53-67-83)90(99-74-82-64-50-40-51-65-82)89(98-73-81-62-48-39-49-63-81)86(102-92)77-95-70-78-56-42-36-43-57-78/h36-53,56-67,84-86,88-92H,3-35,54-55,68-77H2,1-2H3,(H,93,94). The second kappa shape index (κ2) is 55.9. The molecule has 0 spiro atoms. The molecule has 1 aliphatic rings. The van der Waals surface area contributed by atoms with Crippen LogP contribution in [0.5, 0.6) is 0 Å². The molecule has 1 N–H and O–H groups in total. The third-order valence-corrected chi connectivity index (χ3v) is 20.3. The first-order valence-corrected chi connectivity index (χ1v) is 41.0. The summed E-state index contributed by atoms with van der Waals surface area (Å²) in [4.78, 5) is 14.9. The predicted octanol–water partition coefficient (Wildman–Crippen LogP) is 23.8. The van der Waals surface area contributed by atoms with E-state index in [0.29, 0.717) is 39.5 Å². The lowest BCUT2D eigenvalue weighted by Crippen LogP contribution is -2.62. The summed E-state index contributed by atoms with van der Waals surface area (Å²) in [7, 11) is 0. The molecule has 6 aromatic rings. The van der Waals surface area contributed by atoms with Crippen molar-refractivity contribution >= 4 is 5.91 Å². The SMILES string of the molecule is CCCCCCCCCCCCCCCCCCCCCCCCCC(=O)NC(COC1OC(COCc2ccccc2)C(OCc2ccccc2)C(OCc2ccccc2)C1OCc1ccccc1)C(OCc1ccccc1)C(CCCCCCCCCCCCCC)OCc1ccccc1. The molecule has 1 aliphatic heterocycles. The maximum Gasteiger partial charge on any atom is 0.220 e. The van der Waals surface area contributed by atoms with Gasteiger partial charge in [0.05, 0.1) is 65.0 Å². The van der Waals surface area contributed by atoms with Crippen molar-refractivity contribution in [2.45, 2.75) is 340 Å². The summed E-state index contributed by atoms with van der Waals surface area (Å²) in [6.07, 6.45) is 41.8. The van der Waals surface area contributed by atoms with Gasteiger partial charge in [-0.25, -0.2) is 0 Å². The number of carbonyl (C=O) groups is 1. The summed E-state index contributed by atoms with van der Waals surface area (Å²) in [6.45, 7) is 6.75. The summed E-state index contributed by atoms with van der Waals surface area (Å²) < 4.78 is 57.1. The van der Waals surface area contributed by atoms with Gasteiger partial charge in [-0.15, -0.1) is 0 Å². The largest absolute Gasteiger partial charge is 0.374 e. The van der Waals surface area contributed by atoms with Crippen LogP contribution < -0.4 is 5.32 Å². The molecule has 0 radical (unpaired) electrons. The van der Waals surface area contributed by atoms with Crippen LogP contribution in [0.15, 0.2) is 182 Å². The lowest BCUT2D eigenvalue weighted by Gasteiger charge is -2.46. The van der Waals surface area contributed by atoms with Crippen molar-refractivity contribution in [3.05, 3.63) is 215 Å². The van der Waals surface area contributed by atoms with Crippen LogP contribution in [0.25, 0.3) is 0 Å². The van der Waals surface area contributed by atoms with Gasteiger partial charge in [-0.2, -0.15) is 0 Å². The molecule has 1 amide bonds. The number of amides is 1. The van der Waals surface area contributed by atoms with Crippen molar-refractivity contribution in [2.24, 2.45) is 0 Å². The van der Waals surface area contributed by atoms with Gasteiger partial charge in [-0.05, 0) is 46.2 Å². The highest BCUT2D eigenvalue weighted by atomic mass is 16.7. The van der Waals surface area contributed by atoms with Crippen LogP contribution in [0.3, 0.4) is 0 Å². The zero-order chi connectivity index (χ0) is 71.1. The molecular formula is C92H135NO9. The van der Waals surface area contributed by atoms with Gasteiger partial charge >= 0.3 is 0 Å². The van der Waals surface area contributed by atoms with Crippen molar-refractivity contribution < 1.29 is 42.7 Å². The first-order valence-electron chi connectivity index (χ1n) is 41.0. The number of unbranched alkanes of at least 4 members (excludes halogenated alkanes) is 33. The summed E-state index contributed by atoms with van der Waals surface area (Å²) in [5.74, 6) is -0.0281. The molecule has 10 nitrogen and oxygen atoms in total. The zero-order valence-corrected chi connectivity index (χ0v) is 63.4. The average molecular weight is 1400 g/mol. The quantitative estimate of drug-likeness (QED) is 0.0374. The first-order chi connectivity index (χ1) is 50.6. The third-order valence-electron chi connectivity index (χ3n) is 20.3. The van der Waals surface area contributed by atoms with Crippen LogP contribution in [0.4, 0.5) is 0 Å². The zero-order valence-electron chi connectivity index (χ0n) is 63.4. The van der Waals surface area contributed by atoms with E-state index in [4.69, 9.17) is 37.9 Å². The van der Waals surface area contributed by atoms with Crippen molar-refractivity contribution in [1.29, 1.82) is 0 Å². The van der Waals surface area contributed by atoms with Gasteiger partial charge in [-0.3, -0.25) is 4.79 Å². The molecule has 10 heteroatoms. The maximum atomic E-state index is 14.9. The average Bonchev–Trinajstić information content (AvgIpc) is 0.787. The number of hydrogen-bond acceptors (Lipinski definition) is 9. The topological polar surface area (TPSA) is 103 Å². The van der Waals surface area contributed by atoms with E-state index in [9.17, 15) is 4.79 Å². The first kappa shape index (κ1) is 83.7. The number of benzene rings is 6. The number of carbonyl (C=O) groups excluding carboxylic acids is 1. The van der Waals surface area contributed by atoms with Gasteiger partial charge < -0.3 is 43.2 Å². The fraction of sp³-hybridized carbons (Fsp3) is 0.598. The Bertz CT molecular complexity index is 2870. The van der Waals surface area contributed by atoms with E-state index in [1.165, 1.54) is 193 Å². The van der Waals surface area contributed by atoms with E-state index in [-0.39, 0.29) is 25.7 Å². The van der Waals surface area contributed by atoms with Gasteiger partial charge in [0.25, 0.3) is 0 Å². The smallest absolute Gasteiger partial charge is 0.220 e. The van der Waals surface area contributed by atoms with Gasteiger partial charge in [0, 0.05) is 6.42 Å². The summed E-state index contributed by atoms with van der Waals surface area (Å²) in [5, 5.41) is 3.58. The molecule has 6 aromatic carbocycles. The number of ether oxygens (including phenoxy) is 8. The number of hydrogen-bond donors (Lipinski definition) is 1. The highest BCUT2D eigenvalue weighted by molar-refractivity contribution is 5.76. The summed E-state index contributed by atoms with van der Waals surface area (Å²) >= 11 is 0. The molecule has 0 bridgehead atoms. The van der Waals surface area contributed by atoms with Crippen LogP contribution >= 0.6 is 0 Å². The van der Waals surface area contributed by atoms with Crippen molar-refractivity contribution in [3.8, 4) is 0 Å². The highest BCUT2D eigenvalue weighted by Crippen LogP contribution is 2.33. The molecule has 1 fully saturated rings. The normalized spacial score (nSPS) is 17.0. The second-order valence-corrected chi connectivity index (χ2v) is 29.1. The van der Waals surface area contributed by atoms with Gasteiger partial charge in [-0.1, -0.05) is 414 Å². The fourth-order valence-electron chi connectivity index (χ4n) is 14.2. The molecule has 102 heavy (non-hydrogen) atoms. The Balaban J connectivity index is 1.08. The van der Waals surface area contributed by atoms with E-state index in [1.54, 1.807) is 0 Å². The molecule has 1 saturated heterocycles. The summed E-state index contributed by atoms with van der Waals surface area (Å²) in [6, 6.07) is 61.0. The molecule has 1 heterocycles. The molecule has 7 rings (SSSR count). The molecule has 8 atom stereocenters. The minimum absolute atomic E-state index is 0.0281. The van der Waals surface area contributed by atoms with Crippen LogP contribution in [-0.2, 0) is 82.3 Å².